The van der Waals surface area contributed by atoms with Gasteiger partial charge >= 0.3 is 0 Å². The van der Waals surface area contributed by atoms with E-state index in [1.807, 2.05) is 0 Å². The Labute approximate surface area is 224 Å². The predicted octanol–water partition coefficient (Wildman–Crippen LogP) is 4.42. The van der Waals surface area contributed by atoms with Gasteiger partial charge in [0.25, 0.3) is 5.91 Å². The summed E-state index contributed by atoms with van der Waals surface area (Å²) in [5.41, 5.74) is 0.0456. The Kier molecular flexibility index (Phi) is 7.97. The van der Waals surface area contributed by atoms with Crippen molar-refractivity contribution in [2.45, 2.75) is 38.1 Å². The molecule has 0 unspecified atom stereocenters. The van der Waals surface area contributed by atoms with Crippen molar-refractivity contribution in [3.63, 3.8) is 0 Å². The lowest BCUT2D eigenvalue weighted by Gasteiger charge is -2.31. The van der Waals surface area contributed by atoms with Crippen molar-refractivity contribution in [1.82, 2.24) is 9.88 Å². The first kappa shape index (κ1) is 28.5. The van der Waals surface area contributed by atoms with E-state index in [2.05, 4.69) is 4.98 Å². The van der Waals surface area contributed by atoms with Crippen LogP contribution in [-0.4, -0.2) is 48.2 Å². The smallest absolute Gasteiger partial charge is 0.257 e. The van der Waals surface area contributed by atoms with Crippen LogP contribution in [0.1, 0.15) is 36.8 Å². The average molecular weight is 561 g/mol. The number of halogens is 3. The molecule has 39 heavy (non-hydrogen) atoms. The number of benzene rings is 2. The van der Waals surface area contributed by atoms with Gasteiger partial charge in [-0.1, -0.05) is 18.2 Å². The van der Waals surface area contributed by atoms with Crippen LogP contribution in [0.3, 0.4) is 0 Å². The van der Waals surface area contributed by atoms with Crippen molar-refractivity contribution in [3.05, 3.63) is 100 Å². The first-order chi connectivity index (χ1) is 18.3. The summed E-state index contributed by atoms with van der Waals surface area (Å²) in [6.07, 6.45) is 1.42. The van der Waals surface area contributed by atoms with Crippen LogP contribution >= 0.6 is 0 Å². The molecule has 2 aromatic carbocycles. The van der Waals surface area contributed by atoms with E-state index in [4.69, 9.17) is 4.74 Å². The minimum absolute atomic E-state index is 0.0661. The number of nitrogens with zero attached hydrogens (tertiary/aromatic N) is 2. The summed E-state index contributed by atoms with van der Waals surface area (Å²) in [6, 6.07) is 9.41. The number of hydrogen-bond acceptors (Lipinski definition) is 6. The highest BCUT2D eigenvalue weighted by Gasteiger charge is 2.36. The van der Waals surface area contributed by atoms with E-state index in [0.29, 0.717) is 11.3 Å². The largest absolute Gasteiger partial charge is 0.384 e. The maximum Gasteiger partial charge on any atom is 0.257 e. The molecule has 0 fully saturated rings. The zero-order valence-corrected chi connectivity index (χ0v) is 22.3. The number of rotatable bonds is 8. The van der Waals surface area contributed by atoms with E-state index < -0.39 is 50.9 Å². The molecule has 4 rings (SSSR count). The van der Waals surface area contributed by atoms with Crippen molar-refractivity contribution in [3.8, 4) is 11.1 Å². The second-order valence-electron chi connectivity index (χ2n) is 9.78. The lowest BCUT2D eigenvalue weighted by Crippen LogP contribution is -2.43. The molecule has 0 radical (unpaired) electrons. The van der Waals surface area contributed by atoms with Crippen molar-refractivity contribution >= 4 is 15.7 Å². The third-order valence-corrected chi connectivity index (χ3v) is 7.77. The number of aliphatic hydroxyl groups is 1. The van der Waals surface area contributed by atoms with Crippen molar-refractivity contribution in [2.24, 2.45) is 0 Å². The Bertz CT molecular complexity index is 1540. The van der Waals surface area contributed by atoms with Crippen molar-refractivity contribution in [2.75, 3.05) is 12.9 Å². The Morgan fingerprint density at radius 2 is 1.74 bits per heavy atom. The van der Waals surface area contributed by atoms with Crippen LogP contribution < -0.4 is 0 Å². The summed E-state index contributed by atoms with van der Waals surface area (Å²) in [4.78, 5) is 19.2. The Morgan fingerprint density at radius 3 is 2.31 bits per heavy atom. The molecule has 1 N–H and O–H groups in total. The molecular weight excluding hydrogens is 533 g/mol. The fourth-order valence-corrected chi connectivity index (χ4v) is 5.62. The minimum Gasteiger partial charge on any atom is -0.384 e. The summed E-state index contributed by atoms with van der Waals surface area (Å²) in [6.45, 7) is 3.05. The zero-order chi connectivity index (χ0) is 28.5. The van der Waals surface area contributed by atoms with E-state index >= 15 is 4.39 Å². The van der Waals surface area contributed by atoms with Gasteiger partial charge in [0, 0.05) is 30.8 Å². The summed E-state index contributed by atoms with van der Waals surface area (Å²) >= 11 is 0. The van der Waals surface area contributed by atoms with Gasteiger partial charge in [-0.05, 0) is 66.9 Å². The van der Waals surface area contributed by atoms with Gasteiger partial charge in [-0.2, -0.15) is 0 Å². The van der Waals surface area contributed by atoms with Crippen LogP contribution in [0.2, 0.25) is 0 Å². The van der Waals surface area contributed by atoms with Crippen molar-refractivity contribution in [1.29, 1.82) is 0 Å². The number of pyridine rings is 1. The first-order valence-corrected chi connectivity index (χ1v) is 13.7. The quantitative estimate of drug-likeness (QED) is 0.438. The average Bonchev–Trinajstić information content (AvgIpc) is 3.24. The van der Waals surface area contributed by atoms with Crippen LogP contribution in [0.5, 0.6) is 0 Å². The third kappa shape index (κ3) is 6.38. The maximum absolute atomic E-state index is 15.3. The predicted molar refractivity (Wildman–Crippen MR) is 138 cm³/mol. The first-order valence-electron chi connectivity index (χ1n) is 12.0. The van der Waals surface area contributed by atoms with E-state index in [-0.39, 0.29) is 29.0 Å². The van der Waals surface area contributed by atoms with Gasteiger partial charge in [0.2, 0.25) is 0 Å². The molecule has 0 aliphatic carbocycles. The second kappa shape index (κ2) is 10.9. The van der Waals surface area contributed by atoms with Gasteiger partial charge < -0.3 is 14.7 Å². The minimum atomic E-state index is -3.54. The fourth-order valence-electron chi connectivity index (χ4n) is 4.32. The molecule has 206 valence electrons. The normalized spacial score (nSPS) is 17.3. The molecular formula is C28H27F3N2O5S. The van der Waals surface area contributed by atoms with Gasteiger partial charge in [-0.25, -0.2) is 21.6 Å². The molecule has 0 bridgehead atoms. The van der Waals surface area contributed by atoms with Gasteiger partial charge in [0.15, 0.2) is 27.6 Å². The number of aromatic nitrogens is 1. The molecule has 0 saturated carbocycles. The molecule has 1 aromatic heterocycles. The van der Waals surface area contributed by atoms with Crippen LogP contribution in [-0.2, 0) is 31.5 Å². The van der Waals surface area contributed by atoms with Crippen molar-refractivity contribution < 1.29 is 36.2 Å². The molecule has 2 atom stereocenters. The summed E-state index contributed by atoms with van der Waals surface area (Å²) in [7, 11) is -2.32. The maximum atomic E-state index is 15.3. The topological polar surface area (TPSA) is 96.8 Å². The number of carbonyl (C=O) groups excluding carboxylic acids is 1. The third-order valence-electron chi connectivity index (χ3n) is 6.39. The van der Waals surface area contributed by atoms with Crippen LogP contribution in [0.15, 0.2) is 66.2 Å². The lowest BCUT2D eigenvalue weighted by molar-refractivity contribution is -0.144. The molecule has 11 heteroatoms. The standard InChI is InChI=1S/C28H27F3N2O5S/c1-28(2,35)25-12-17(8-10-32-25)15-33(20-9-11-39(36,37)16-20)27(34)26(38-3)21-6-4-18(13-23(21)30)19-5-7-22(29)24(31)14-19/h4-14,20,26,35H,15-16H2,1-3H3/t20-,26+/m1/s1. The zero-order valence-electron chi connectivity index (χ0n) is 21.4. The van der Waals surface area contributed by atoms with Gasteiger partial charge in [0.1, 0.15) is 11.4 Å². The summed E-state index contributed by atoms with van der Waals surface area (Å²) in [5.74, 6) is -3.98. The van der Waals surface area contributed by atoms with Crippen LogP contribution in [0.25, 0.3) is 11.1 Å². The number of methoxy groups -OCH3 is 1. The SMILES string of the molecule is CO[C@H](C(=O)N(Cc1ccnc(C(C)(C)O)c1)[C@@H]1C=CS(=O)(=O)C1)c1ccc(-c2ccc(F)c(F)c2)cc1F. The summed E-state index contributed by atoms with van der Waals surface area (Å²) in [5, 5.41) is 11.4. The highest BCUT2D eigenvalue weighted by molar-refractivity contribution is 7.94. The molecule has 2 heterocycles. The van der Waals surface area contributed by atoms with E-state index in [1.54, 1.807) is 26.0 Å². The molecule has 7 nitrogen and oxygen atoms in total. The Morgan fingerprint density at radius 1 is 1.08 bits per heavy atom. The van der Waals surface area contributed by atoms with E-state index in [1.165, 1.54) is 42.5 Å². The van der Waals surface area contributed by atoms with Gasteiger partial charge in [-0.3, -0.25) is 9.78 Å². The molecule has 1 aliphatic rings. The molecule has 0 spiro atoms. The Balaban J connectivity index is 1.68. The van der Waals surface area contributed by atoms with E-state index in [9.17, 15) is 27.1 Å². The number of ether oxygens (including phenoxy) is 1. The number of hydrogen-bond donors (Lipinski definition) is 1. The lowest BCUT2D eigenvalue weighted by atomic mass is 9.99. The fraction of sp³-hybridized carbons (Fsp3) is 0.286. The molecule has 1 amide bonds. The monoisotopic (exact) mass is 560 g/mol. The highest BCUT2D eigenvalue weighted by atomic mass is 32.2. The van der Waals surface area contributed by atoms with Crippen LogP contribution in [0.4, 0.5) is 13.2 Å². The molecule has 1 aliphatic heterocycles. The van der Waals surface area contributed by atoms with E-state index in [0.717, 1.165) is 23.6 Å². The number of sulfone groups is 1. The molecule has 3 aromatic rings. The Hall–Kier alpha value is -3.54. The molecule has 0 saturated heterocycles. The summed E-state index contributed by atoms with van der Waals surface area (Å²) < 4.78 is 72.1. The van der Waals surface area contributed by atoms with Gasteiger partial charge in [-0.15, -0.1) is 0 Å². The number of carbonyl (C=O) groups is 1. The number of amides is 1. The van der Waals surface area contributed by atoms with Crippen LogP contribution in [0, 0.1) is 17.5 Å². The highest BCUT2D eigenvalue weighted by Crippen LogP contribution is 2.31. The van der Waals surface area contributed by atoms with Gasteiger partial charge in [0.05, 0.1) is 17.5 Å². The second-order valence-corrected chi connectivity index (χ2v) is 11.7.